The molecule has 1 aliphatic rings. The fourth-order valence-corrected chi connectivity index (χ4v) is 2.16. The number of carboxylic acid groups (broad SMARTS) is 1. The first-order chi connectivity index (χ1) is 9.61. The zero-order chi connectivity index (χ0) is 16.2. The average Bonchev–Trinajstić information content (AvgIpc) is 2.35. The van der Waals surface area contributed by atoms with E-state index >= 15 is 0 Å². The Hall–Kier alpha value is -2.00. The van der Waals surface area contributed by atoms with E-state index in [1.807, 2.05) is 0 Å². The Morgan fingerprint density at radius 1 is 1.29 bits per heavy atom. The molecular formula is C11H16F3N3O4. The minimum absolute atomic E-state index is 0.0813. The number of primary amides is 1. The Bertz CT molecular complexity index is 411. The van der Waals surface area contributed by atoms with E-state index in [-0.39, 0.29) is 19.4 Å². The lowest BCUT2D eigenvalue weighted by Gasteiger charge is -2.36. The summed E-state index contributed by atoms with van der Waals surface area (Å²) < 4.78 is 38.0. The van der Waals surface area contributed by atoms with E-state index in [9.17, 15) is 27.6 Å². The first kappa shape index (κ1) is 17.1. The molecular weight excluding hydrogens is 295 g/mol. The van der Waals surface area contributed by atoms with Crippen LogP contribution in [-0.4, -0.2) is 65.2 Å². The highest BCUT2D eigenvalue weighted by Crippen LogP contribution is 2.33. The summed E-state index contributed by atoms with van der Waals surface area (Å²) in [4.78, 5) is 35.1. The van der Waals surface area contributed by atoms with Crippen molar-refractivity contribution in [2.75, 3.05) is 26.2 Å². The van der Waals surface area contributed by atoms with Gasteiger partial charge >= 0.3 is 18.2 Å². The number of carboxylic acids is 1. The summed E-state index contributed by atoms with van der Waals surface area (Å²) in [5, 5.41) is 8.68. The molecule has 0 aliphatic carbocycles. The predicted octanol–water partition coefficient (Wildman–Crippen LogP) is 0.253. The van der Waals surface area contributed by atoms with E-state index in [1.54, 1.807) is 0 Å². The molecule has 0 saturated carbocycles. The van der Waals surface area contributed by atoms with Gasteiger partial charge in [0.15, 0.2) is 0 Å². The van der Waals surface area contributed by atoms with Crippen LogP contribution in [0.25, 0.3) is 0 Å². The second-order valence-electron chi connectivity index (χ2n) is 4.83. The van der Waals surface area contributed by atoms with Crippen LogP contribution in [-0.2, 0) is 9.59 Å². The average molecular weight is 311 g/mol. The SMILES string of the molecule is NC(=O)CN(CC(=O)O)C(=O)N1CCCC(C(F)(F)F)C1. The summed E-state index contributed by atoms with van der Waals surface area (Å²) >= 11 is 0. The molecule has 1 rings (SSSR count). The highest BCUT2D eigenvalue weighted by atomic mass is 19.4. The Labute approximate surface area is 118 Å². The number of likely N-dealkylation sites (tertiary alicyclic amines) is 1. The van der Waals surface area contributed by atoms with Crippen LogP contribution in [0.5, 0.6) is 0 Å². The van der Waals surface area contributed by atoms with E-state index in [0.717, 1.165) is 4.90 Å². The molecule has 0 aromatic rings. The van der Waals surface area contributed by atoms with Gasteiger partial charge in [-0.15, -0.1) is 0 Å². The van der Waals surface area contributed by atoms with Crippen molar-refractivity contribution in [1.82, 2.24) is 9.80 Å². The maximum Gasteiger partial charge on any atom is 0.393 e. The molecule has 120 valence electrons. The van der Waals surface area contributed by atoms with Gasteiger partial charge < -0.3 is 20.6 Å². The summed E-state index contributed by atoms with van der Waals surface area (Å²) in [5.74, 6) is -3.96. The third-order valence-electron chi connectivity index (χ3n) is 3.10. The maximum absolute atomic E-state index is 12.7. The Kier molecular flexibility index (Phi) is 5.39. The van der Waals surface area contributed by atoms with Crippen LogP contribution in [0.3, 0.4) is 0 Å². The summed E-state index contributed by atoms with van der Waals surface area (Å²) in [6.07, 6.45) is -4.34. The number of carbonyl (C=O) groups is 3. The van der Waals surface area contributed by atoms with Crippen molar-refractivity contribution in [3.63, 3.8) is 0 Å². The number of carbonyl (C=O) groups excluding carboxylic acids is 2. The van der Waals surface area contributed by atoms with Gasteiger partial charge in [-0.05, 0) is 12.8 Å². The minimum Gasteiger partial charge on any atom is -0.480 e. The van der Waals surface area contributed by atoms with Gasteiger partial charge in [-0.2, -0.15) is 13.2 Å². The molecule has 10 heteroatoms. The number of nitrogens with two attached hydrogens (primary N) is 1. The molecule has 0 aromatic carbocycles. The van der Waals surface area contributed by atoms with Crippen molar-refractivity contribution >= 4 is 17.9 Å². The van der Waals surface area contributed by atoms with E-state index < -0.39 is 49.6 Å². The summed E-state index contributed by atoms with van der Waals surface area (Å²) in [6.45, 7) is -1.91. The standard InChI is InChI=1S/C11H16F3N3O4/c12-11(13,14)7-2-1-3-16(4-7)10(21)17(5-8(15)18)6-9(19)20/h7H,1-6H2,(H2,15,18)(H,19,20). The number of urea groups is 1. The van der Waals surface area contributed by atoms with Gasteiger partial charge in [0.2, 0.25) is 5.91 Å². The van der Waals surface area contributed by atoms with Crippen molar-refractivity contribution in [2.45, 2.75) is 19.0 Å². The molecule has 1 heterocycles. The number of aliphatic carboxylic acids is 1. The lowest BCUT2D eigenvalue weighted by Crippen LogP contribution is -2.52. The number of hydrogen-bond donors (Lipinski definition) is 2. The molecule has 7 nitrogen and oxygen atoms in total. The molecule has 1 atom stereocenters. The molecule has 0 spiro atoms. The molecule has 21 heavy (non-hydrogen) atoms. The third kappa shape index (κ3) is 5.12. The van der Waals surface area contributed by atoms with E-state index in [2.05, 4.69) is 0 Å². The Morgan fingerprint density at radius 3 is 2.38 bits per heavy atom. The number of amides is 3. The lowest BCUT2D eigenvalue weighted by atomic mass is 9.98. The predicted molar refractivity (Wildman–Crippen MR) is 64.2 cm³/mol. The highest BCUT2D eigenvalue weighted by molar-refractivity contribution is 5.86. The second-order valence-corrected chi connectivity index (χ2v) is 4.83. The van der Waals surface area contributed by atoms with Crippen molar-refractivity contribution in [1.29, 1.82) is 0 Å². The number of piperidine rings is 1. The van der Waals surface area contributed by atoms with Crippen LogP contribution in [0.1, 0.15) is 12.8 Å². The van der Waals surface area contributed by atoms with Gasteiger partial charge in [0.1, 0.15) is 13.1 Å². The highest BCUT2D eigenvalue weighted by Gasteiger charge is 2.43. The largest absolute Gasteiger partial charge is 0.480 e. The van der Waals surface area contributed by atoms with Crippen molar-refractivity contribution in [3.8, 4) is 0 Å². The zero-order valence-electron chi connectivity index (χ0n) is 11.1. The molecule has 0 aromatic heterocycles. The minimum atomic E-state index is -4.42. The first-order valence-corrected chi connectivity index (χ1v) is 6.22. The molecule has 1 fully saturated rings. The molecule has 1 aliphatic heterocycles. The number of halogens is 3. The third-order valence-corrected chi connectivity index (χ3v) is 3.10. The van der Waals surface area contributed by atoms with Crippen LogP contribution in [0, 0.1) is 5.92 Å². The van der Waals surface area contributed by atoms with Crippen LogP contribution in [0.15, 0.2) is 0 Å². The van der Waals surface area contributed by atoms with Gasteiger partial charge in [-0.3, -0.25) is 9.59 Å². The van der Waals surface area contributed by atoms with Crippen LogP contribution in [0.2, 0.25) is 0 Å². The zero-order valence-corrected chi connectivity index (χ0v) is 11.1. The van der Waals surface area contributed by atoms with Gasteiger partial charge in [0, 0.05) is 13.1 Å². The van der Waals surface area contributed by atoms with Gasteiger partial charge in [0.25, 0.3) is 0 Å². The van der Waals surface area contributed by atoms with E-state index in [1.165, 1.54) is 0 Å². The summed E-state index contributed by atoms with van der Waals surface area (Å²) in [7, 11) is 0. The normalized spacial score (nSPS) is 19.2. The summed E-state index contributed by atoms with van der Waals surface area (Å²) in [5.41, 5.74) is 4.91. The fraction of sp³-hybridized carbons (Fsp3) is 0.727. The van der Waals surface area contributed by atoms with E-state index in [4.69, 9.17) is 10.8 Å². The number of nitrogens with zero attached hydrogens (tertiary/aromatic N) is 2. The van der Waals surface area contributed by atoms with Crippen molar-refractivity contribution in [2.24, 2.45) is 11.7 Å². The Morgan fingerprint density at radius 2 is 1.90 bits per heavy atom. The van der Waals surface area contributed by atoms with Gasteiger partial charge in [-0.1, -0.05) is 0 Å². The topological polar surface area (TPSA) is 104 Å². The quantitative estimate of drug-likeness (QED) is 0.776. The molecule has 3 amide bonds. The second kappa shape index (κ2) is 6.64. The smallest absolute Gasteiger partial charge is 0.393 e. The van der Waals surface area contributed by atoms with Crippen molar-refractivity contribution < 1.29 is 32.7 Å². The van der Waals surface area contributed by atoms with Gasteiger partial charge in [-0.25, -0.2) is 4.79 Å². The summed E-state index contributed by atoms with van der Waals surface area (Å²) in [6, 6.07) is -0.926. The van der Waals surface area contributed by atoms with Crippen LogP contribution < -0.4 is 5.73 Å². The lowest BCUT2D eigenvalue weighted by molar-refractivity contribution is -0.184. The van der Waals surface area contributed by atoms with Crippen molar-refractivity contribution in [3.05, 3.63) is 0 Å². The number of hydrogen-bond acceptors (Lipinski definition) is 3. The molecule has 0 radical (unpaired) electrons. The molecule has 0 bridgehead atoms. The Balaban J connectivity index is 2.77. The molecule has 3 N–H and O–H groups in total. The molecule has 1 saturated heterocycles. The molecule has 1 unspecified atom stereocenters. The first-order valence-electron chi connectivity index (χ1n) is 6.22. The van der Waals surface area contributed by atoms with Crippen LogP contribution >= 0.6 is 0 Å². The number of alkyl halides is 3. The van der Waals surface area contributed by atoms with Crippen LogP contribution in [0.4, 0.5) is 18.0 Å². The maximum atomic E-state index is 12.7. The fourth-order valence-electron chi connectivity index (χ4n) is 2.16. The number of rotatable bonds is 4. The monoisotopic (exact) mass is 311 g/mol. The van der Waals surface area contributed by atoms with E-state index in [0.29, 0.717) is 4.90 Å². The van der Waals surface area contributed by atoms with Gasteiger partial charge in [0.05, 0.1) is 5.92 Å².